The first-order chi connectivity index (χ1) is 8.52. The van der Waals surface area contributed by atoms with E-state index in [9.17, 15) is 14.7 Å². The van der Waals surface area contributed by atoms with Gasteiger partial charge in [0.05, 0.1) is 10.3 Å². The Bertz CT molecular complexity index is 444. The highest BCUT2D eigenvalue weighted by atomic mass is 32.2. The molecule has 18 heavy (non-hydrogen) atoms. The quantitative estimate of drug-likeness (QED) is 0.926. The van der Waals surface area contributed by atoms with Gasteiger partial charge in [0.2, 0.25) is 0 Å². The lowest BCUT2D eigenvalue weighted by Gasteiger charge is -2.29. The molecule has 1 saturated heterocycles. The first kappa shape index (κ1) is 13.4. The lowest BCUT2D eigenvalue weighted by Crippen LogP contribution is -2.46. The number of hydrogen-bond acceptors (Lipinski definition) is 4. The summed E-state index contributed by atoms with van der Waals surface area (Å²) in [4.78, 5) is 25.8. The van der Waals surface area contributed by atoms with E-state index in [1.54, 1.807) is 23.9 Å². The minimum atomic E-state index is -0.921. The Balaban J connectivity index is 2.29. The van der Waals surface area contributed by atoms with E-state index in [0.29, 0.717) is 10.6 Å². The van der Waals surface area contributed by atoms with Gasteiger partial charge in [-0.2, -0.15) is 0 Å². The van der Waals surface area contributed by atoms with Gasteiger partial charge in [0.15, 0.2) is 0 Å². The number of aliphatic carboxylic acids is 1. The Labute approximate surface area is 114 Å². The van der Waals surface area contributed by atoms with Crippen molar-refractivity contribution < 1.29 is 14.7 Å². The summed E-state index contributed by atoms with van der Waals surface area (Å²) in [5.41, 5.74) is 0. The predicted octanol–water partition coefficient (Wildman–Crippen LogP) is 2.37. The number of carboxylic acid groups (broad SMARTS) is 1. The highest BCUT2D eigenvalue weighted by Crippen LogP contribution is 2.35. The van der Waals surface area contributed by atoms with Crippen molar-refractivity contribution >= 4 is 35.0 Å². The van der Waals surface area contributed by atoms with Gasteiger partial charge in [0.25, 0.3) is 5.91 Å². The molecular formula is C12H15NO3S2. The summed E-state index contributed by atoms with van der Waals surface area (Å²) < 4.78 is 0. The van der Waals surface area contributed by atoms with Crippen LogP contribution >= 0.6 is 23.1 Å². The molecule has 1 amide bonds. The standard InChI is InChI=1S/C12H15NO3S2/c1-7(2)11-13(8(6-18-11)12(15)16)10(14)9-4-3-5-17-9/h3-5,7-8,11H,6H2,1-2H3,(H,15,16). The predicted molar refractivity (Wildman–Crippen MR) is 73.0 cm³/mol. The topological polar surface area (TPSA) is 57.6 Å². The van der Waals surface area contributed by atoms with E-state index in [0.717, 1.165) is 0 Å². The molecule has 2 heterocycles. The summed E-state index contributed by atoms with van der Waals surface area (Å²) in [6, 6.07) is 2.84. The molecule has 0 aromatic carbocycles. The van der Waals surface area contributed by atoms with Crippen LogP contribution in [0.1, 0.15) is 23.5 Å². The van der Waals surface area contributed by atoms with Gasteiger partial charge in [0, 0.05) is 5.75 Å². The summed E-state index contributed by atoms with van der Waals surface area (Å²) in [6.07, 6.45) is 0. The molecule has 1 fully saturated rings. The number of amides is 1. The van der Waals surface area contributed by atoms with Crippen LogP contribution in [0.25, 0.3) is 0 Å². The fourth-order valence-corrected chi connectivity index (χ4v) is 4.15. The van der Waals surface area contributed by atoms with E-state index in [2.05, 4.69) is 0 Å². The second-order valence-corrected chi connectivity index (χ2v) is 6.61. The van der Waals surface area contributed by atoms with Crippen molar-refractivity contribution in [2.24, 2.45) is 5.92 Å². The fraction of sp³-hybridized carbons (Fsp3) is 0.500. The third-order valence-electron chi connectivity index (χ3n) is 2.86. The van der Waals surface area contributed by atoms with Gasteiger partial charge in [-0.1, -0.05) is 19.9 Å². The summed E-state index contributed by atoms with van der Waals surface area (Å²) in [5, 5.41) is 11.0. The van der Waals surface area contributed by atoms with Gasteiger partial charge >= 0.3 is 5.97 Å². The average molecular weight is 285 g/mol. The monoisotopic (exact) mass is 285 g/mol. The fourth-order valence-electron chi connectivity index (χ4n) is 2.02. The number of carbonyl (C=O) groups is 2. The third-order valence-corrected chi connectivity index (χ3v) is 5.34. The number of carboxylic acids is 1. The molecule has 1 aromatic heterocycles. The van der Waals surface area contributed by atoms with Crippen molar-refractivity contribution in [1.82, 2.24) is 4.90 Å². The number of thiophene rings is 1. The first-order valence-electron chi connectivity index (χ1n) is 5.73. The molecule has 4 nitrogen and oxygen atoms in total. The van der Waals surface area contributed by atoms with Crippen LogP contribution in [0.3, 0.4) is 0 Å². The molecule has 0 saturated carbocycles. The number of hydrogen-bond donors (Lipinski definition) is 1. The minimum absolute atomic E-state index is 0.0549. The van der Waals surface area contributed by atoms with Crippen LogP contribution in [0, 0.1) is 5.92 Å². The average Bonchev–Trinajstić information content (AvgIpc) is 2.97. The van der Waals surface area contributed by atoms with Crippen molar-refractivity contribution in [2.45, 2.75) is 25.3 Å². The van der Waals surface area contributed by atoms with Crippen LogP contribution in [0.2, 0.25) is 0 Å². The second kappa shape index (κ2) is 5.32. The lowest BCUT2D eigenvalue weighted by atomic mass is 10.1. The third kappa shape index (κ3) is 2.40. The van der Waals surface area contributed by atoms with E-state index in [1.165, 1.54) is 16.2 Å². The molecule has 1 aromatic rings. The molecule has 1 N–H and O–H groups in total. The van der Waals surface area contributed by atoms with E-state index in [-0.39, 0.29) is 17.2 Å². The van der Waals surface area contributed by atoms with E-state index >= 15 is 0 Å². The van der Waals surface area contributed by atoms with Gasteiger partial charge in [-0.15, -0.1) is 23.1 Å². The maximum absolute atomic E-state index is 12.4. The first-order valence-corrected chi connectivity index (χ1v) is 7.65. The number of carbonyl (C=O) groups excluding carboxylic acids is 1. The maximum Gasteiger partial charge on any atom is 0.327 e. The molecule has 0 spiro atoms. The van der Waals surface area contributed by atoms with Gasteiger partial charge in [-0.05, 0) is 17.4 Å². The summed E-state index contributed by atoms with van der Waals surface area (Å²) in [5.74, 6) is -0.380. The van der Waals surface area contributed by atoms with Gasteiger partial charge in [0.1, 0.15) is 6.04 Å². The molecule has 2 unspecified atom stereocenters. The maximum atomic E-state index is 12.4. The zero-order valence-corrected chi connectivity index (χ0v) is 11.8. The van der Waals surface area contributed by atoms with Gasteiger partial charge < -0.3 is 10.0 Å². The lowest BCUT2D eigenvalue weighted by molar-refractivity contribution is -0.141. The Morgan fingerprint density at radius 1 is 1.50 bits per heavy atom. The van der Waals surface area contributed by atoms with E-state index in [4.69, 9.17) is 0 Å². The molecule has 98 valence electrons. The second-order valence-electron chi connectivity index (χ2n) is 4.51. The van der Waals surface area contributed by atoms with Crippen LogP contribution in [-0.4, -0.2) is 39.1 Å². The molecule has 0 aliphatic carbocycles. The molecule has 1 aliphatic rings. The Morgan fingerprint density at radius 3 is 2.72 bits per heavy atom. The van der Waals surface area contributed by atoms with Gasteiger partial charge in [-0.25, -0.2) is 4.79 Å². The van der Waals surface area contributed by atoms with Crippen molar-refractivity contribution in [3.05, 3.63) is 22.4 Å². The van der Waals surface area contributed by atoms with Crippen LogP contribution in [-0.2, 0) is 4.79 Å². The van der Waals surface area contributed by atoms with Crippen LogP contribution in [0.4, 0.5) is 0 Å². The van der Waals surface area contributed by atoms with Crippen molar-refractivity contribution in [3.8, 4) is 0 Å². The van der Waals surface area contributed by atoms with Crippen LogP contribution < -0.4 is 0 Å². The van der Waals surface area contributed by atoms with E-state index < -0.39 is 12.0 Å². The summed E-state index contributed by atoms with van der Waals surface area (Å²) >= 11 is 2.90. The smallest absolute Gasteiger partial charge is 0.327 e. The molecule has 2 atom stereocenters. The van der Waals surface area contributed by atoms with Crippen molar-refractivity contribution in [2.75, 3.05) is 5.75 Å². The van der Waals surface area contributed by atoms with Crippen molar-refractivity contribution in [1.29, 1.82) is 0 Å². The van der Waals surface area contributed by atoms with Crippen LogP contribution in [0.5, 0.6) is 0 Å². The SMILES string of the molecule is CC(C)C1SCC(C(=O)O)N1C(=O)c1cccs1. The highest BCUT2D eigenvalue weighted by Gasteiger charge is 2.43. The Hall–Kier alpha value is -1.01. The minimum Gasteiger partial charge on any atom is -0.480 e. The highest BCUT2D eigenvalue weighted by molar-refractivity contribution is 8.00. The molecule has 6 heteroatoms. The van der Waals surface area contributed by atoms with Crippen LogP contribution in [0.15, 0.2) is 17.5 Å². The zero-order valence-electron chi connectivity index (χ0n) is 10.2. The van der Waals surface area contributed by atoms with E-state index in [1.807, 2.05) is 19.2 Å². The number of rotatable bonds is 3. The molecule has 0 bridgehead atoms. The summed E-state index contributed by atoms with van der Waals surface area (Å²) in [7, 11) is 0. The van der Waals surface area contributed by atoms with Crippen molar-refractivity contribution in [3.63, 3.8) is 0 Å². The van der Waals surface area contributed by atoms with Gasteiger partial charge in [-0.3, -0.25) is 4.79 Å². The number of nitrogens with zero attached hydrogens (tertiary/aromatic N) is 1. The molecular weight excluding hydrogens is 270 g/mol. The normalized spacial score (nSPS) is 23.6. The Kier molecular flexibility index (Phi) is 3.97. The Morgan fingerprint density at radius 2 is 2.22 bits per heavy atom. The molecule has 1 aliphatic heterocycles. The zero-order chi connectivity index (χ0) is 13.3. The largest absolute Gasteiger partial charge is 0.480 e. The number of thioether (sulfide) groups is 1. The molecule has 0 radical (unpaired) electrons. The molecule has 2 rings (SSSR count). The summed E-state index contributed by atoms with van der Waals surface area (Å²) in [6.45, 7) is 4.02.